The van der Waals surface area contributed by atoms with Gasteiger partial charge < -0.3 is 15.5 Å². The molecule has 5 heteroatoms. The zero-order chi connectivity index (χ0) is 18.2. The number of anilines is 1. The Labute approximate surface area is 149 Å². The van der Waals surface area contributed by atoms with E-state index in [1.54, 1.807) is 0 Å². The molecule has 0 aromatic heterocycles. The third kappa shape index (κ3) is 6.39. The molecule has 0 heterocycles. The molecule has 0 aliphatic rings. The zero-order valence-electron chi connectivity index (χ0n) is 15.0. The second kappa shape index (κ2) is 8.99. The Hall–Kier alpha value is -2.66. The van der Waals surface area contributed by atoms with Crippen LogP contribution >= 0.6 is 0 Å². The third-order valence-corrected chi connectivity index (χ3v) is 3.79. The van der Waals surface area contributed by atoms with Crippen molar-refractivity contribution in [2.24, 2.45) is 0 Å². The minimum absolute atomic E-state index is 0.0117. The van der Waals surface area contributed by atoms with Gasteiger partial charge >= 0.3 is 0 Å². The van der Waals surface area contributed by atoms with Gasteiger partial charge in [-0.05, 0) is 23.3 Å². The van der Waals surface area contributed by atoms with Crippen LogP contribution in [0.1, 0.15) is 24.1 Å². The summed E-state index contributed by atoms with van der Waals surface area (Å²) in [6.07, 6.45) is 0.312. The number of nitrogens with one attached hydrogen (secondary N) is 3. The minimum Gasteiger partial charge on any atom is -0.343 e. The van der Waals surface area contributed by atoms with Crippen molar-refractivity contribution in [1.82, 2.24) is 5.32 Å². The summed E-state index contributed by atoms with van der Waals surface area (Å²) in [5, 5.41) is 5.85. The molecule has 0 spiro atoms. The van der Waals surface area contributed by atoms with E-state index < -0.39 is 0 Å². The molecule has 0 unspecified atom stereocenters. The van der Waals surface area contributed by atoms with Gasteiger partial charge in [0.1, 0.15) is 12.6 Å². The van der Waals surface area contributed by atoms with Crippen molar-refractivity contribution in [3.8, 4) is 0 Å². The van der Waals surface area contributed by atoms with Gasteiger partial charge in [0, 0.05) is 12.6 Å². The Morgan fingerprint density at radius 3 is 2.20 bits per heavy atom. The second-order valence-electron chi connectivity index (χ2n) is 6.50. The molecule has 0 bridgehead atoms. The summed E-state index contributed by atoms with van der Waals surface area (Å²) in [6, 6.07) is 17.3. The van der Waals surface area contributed by atoms with E-state index in [1.165, 1.54) is 11.8 Å². The van der Waals surface area contributed by atoms with Crippen LogP contribution in [0.25, 0.3) is 0 Å². The molecule has 5 nitrogen and oxygen atoms in total. The Morgan fingerprint density at radius 2 is 1.64 bits per heavy atom. The molecule has 3 N–H and O–H groups in total. The predicted molar refractivity (Wildman–Crippen MR) is 99.5 cm³/mol. The van der Waals surface area contributed by atoms with Crippen molar-refractivity contribution in [3.05, 3.63) is 65.7 Å². The van der Waals surface area contributed by atoms with E-state index in [2.05, 4.69) is 24.7 Å². The maximum absolute atomic E-state index is 12.5. The predicted octanol–water partition coefficient (Wildman–Crippen LogP) is 1.19. The molecule has 0 fully saturated rings. The normalized spacial score (nSPS) is 11.8. The van der Waals surface area contributed by atoms with Gasteiger partial charge in [-0.1, -0.05) is 42.5 Å². The molecule has 2 aromatic carbocycles. The van der Waals surface area contributed by atoms with Crippen molar-refractivity contribution in [2.45, 2.75) is 19.4 Å². The van der Waals surface area contributed by atoms with Crippen molar-refractivity contribution < 1.29 is 14.5 Å². The van der Waals surface area contributed by atoms with E-state index in [0.29, 0.717) is 6.42 Å². The van der Waals surface area contributed by atoms with Crippen LogP contribution in [-0.4, -0.2) is 32.5 Å². The molecule has 1 atom stereocenters. The van der Waals surface area contributed by atoms with E-state index >= 15 is 0 Å². The number of benzene rings is 2. The molecule has 25 heavy (non-hydrogen) atoms. The summed E-state index contributed by atoms with van der Waals surface area (Å²) in [5.41, 5.74) is 2.75. The van der Waals surface area contributed by atoms with Gasteiger partial charge in [-0.25, -0.2) is 0 Å². The van der Waals surface area contributed by atoms with E-state index in [0.717, 1.165) is 23.4 Å². The highest BCUT2D eigenvalue weighted by molar-refractivity contribution is 5.88. The van der Waals surface area contributed by atoms with Crippen molar-refractivity contribution in [3.63, 3.8) is 0 Å². The summed E-state index contributed by atoms with van der Waals surface area (Å²) in [4.78, 5) is 24.8. The van der Waals surface area contributed by atoms with Crippen LogP contribution in [0.4, 0.5) is 5.69 Å². The molecule has 0 saturated carbocycles. The van der Waals surface area contributed by atoms with Crippen LogP contribution in [0.2, 0.25) is 0 Å². The number of likely N-dealkylation sites (N-methyl/N-ethyl adjacent to an activating group) is 1. The monoisotopic (exact) mass is 340 g/mol. The van der Waals surface area contributed by atoms with E-state index in [4.69, 9.17) is 0 Å². The Kier molecular flexibility index (Phi) is 6.71. The number of rotatable bonds is 7. The fourth-order valence-corrected chi connectivity index (χ4v) is 2.69. The quantitative estimate of drug-likeness (QED) is 0.709. The second-order valence-corrected chi connectivity index (χ2v) is 6.50. The van der Waals surface area contributed by atoms with E-state index in [-0.39, 0.29) is 17.9 Å². The van der Waals surface area contributed by atoms with Crippen LogP contribution in [-0.2, 0) is 16.0 Å². The van der Waals surface area contributed by atoms with E-state index in [1.807, 2.05) is 54.6 Å². The van der Waals surface area contributed by atoms with Crippen LogP contribution in [0, 0.1) is 0 Å². The smallest absolute Gasteiger partial charge is 0.225 e. The molecule has 2 amide bonds. The maximum Gasteiger partial charge on any atom is 0.225 e. The minimum atomic E-state index is -0.109. The van der Waals surface area contributed by atoms with Gasteiger partial charge in [0.05, 0.1) is 20.5 Å². The largest absolute Gasteiger partial charge is 0.343 e. The number of carbonyl (C=O) groups excluding carboxylic acids is 2. The summed E-state index contributed by atoms with van der Waals surface area (Å²) in [7, 11) is 4.14. The number of carbonyl (C=O) groups is 2. The highest BCUT2D eigenvalue weighted by atomic mass is 16.2. The first-order valence-electron chi connectivity index (χ1n) is 8.44. The first-order valence-corrected chi connectivity index (χ1v) is 8.44. The summed E-state index contributed by atoms with van der Waals surface area (Å²) >= 11 is 0. The Morgan fingerprint density at radius 1 is 1.00 bits per heavy atom. The third-order valence-electron chi connectivity index (χ3n) is 3.79. The van der Waals surface area contributed by atoms with E-state index in [9.17, 15) is 9.59 Å². The molecule has 0 aliphatic heterocycles. The molecule has 0 saturated heterocycles. The highest BCUT2D eigenvalue weighted by Crippen LogP contribution is 2.13. The standard InChI is InChI=1S/C20H25N3O2/c1-15(24)21-18-11-9-16(10-12-18)13-20(25)22-19(14-23(2)3)17-7-5-4-6-8-17/h4-12,19H,13-14H2,1-3H3,(H,21,24)(H,22,25)/p+1/t19-/m0/s1. The first kappa shape index (κ1) is 18.7. The maximum atomic E-state index is 12.5. The average molecular weight is 340 g/mol. The lowest BCUT2D eigenvalue weighted by atomic mass is 10.1. The Bertz CT molecular complexity index is 697. The van der Waals surface area contributed by atoms with Gasteiger partial charge in [0.25, 0.3) is 0 Å². The van der Waals surface area contributed by atoms with Crippen molar-refractivity contribution in [1.29, 1.82) is 0 Å². The molecule has 2 rings (SSSR count). The molecule has 0 radical (unpaired) electrons. The van der Waals surface area contributed by atoms with Crippen LogP contribution in [0.15, 0.2) is 54.6 Å². The topological polar surface area (TPSA) is 62.6 Å². The van der Waals surface area contributed by atoms with Gasteiger partial charge in [0.15, 0.2) is 0 Å². The molecular weight excluding hydrogens is 314 g/mol. The van der Waals surface area contributed by atoms with Gasteiger partial charge in [-0.2, -0.15) is 0 Å². The SMILES string of the molecule is CC(=O)Nc1ccc(CC(=O)N[C@@H](C[NH+](C)C)c2ccccc2)cc1. The lowest BCUT2D eigenvalue weighted by Crippen LogP contribution is -3.06. The summed E-state index contributed by atoms with van der Waals surface area (Å²) in [6.45, 7) is 2.29. The van der Waals surface area contributed by atoms with Gasteiger partial charge in [-0.15, -0.1) is 0 Å². The lowest BCUT2D eigenvalue weighted by molar-refractivity contribution is -0.860. The number of hydrogen-bond donors (Lipinski definition) is 3. The lowest BCUT2D eigenvalue weighted by Gasteiger charge is -2.21. The fourth-order valence-electron chi connectivity index (χ4n) is 2.69. The van der Waals surface area contributed by atoms with Gasteiger partial charge in [0.2, 0.25) is 11.8 Å². The van der Waals surface area contributed by atoms with Crippen LogP contribution in [0.3, 0.4) is 0 Å². The zero-order valence-corrected chi connectivity index (χ0v) is 15.0. The summed E-state index contributed by atoms with van der Waals surface area (Å²) in [5.74, 6) is -0.121. The Balaban J connectivity index is 1.99. The van der Waals surface area contributed by atoms with Crippen molar-refractivity contribution in [2.75, 3.05) is 26.0 Å². The molecule has 2 aromatic rings. The van der Waals surface area contributed by atoms with Gasteiger partial charge in [-0.3, -0.25) is 9.59 Å². The molecular formula is C20H26N3O2+. The average Bonchev–Trinajstić information content (AvgIpc) is 2.56. The van der Waals surface area contributed by atoms with Crippen LogP contribution < -0.4 is 15.5 Å². The number of hydrogen-bond acceptors (Lipinski definition) is 2. The number of amides is 2. The van der Waals surface area contributed by atoms with Crippen LogP contribution in [0.5, 0.6) is 0 Å². The summed E-state index contributed by atoms with van der Waals surface area (Å²) < 4.78 is 0. The fraction of sp³-hybridized carbons (Fsp3) is 0.300. The van der Waals surface area contributed by atoms with Crippen molar-refractivity contribution >= 4 is 17.5 Å². The number of quaternary nitrogens is 1. The first-order chi connectivity index (χ1) is 11.9. The highest BCUT2D eigenvalue weighted by Gasteiger charge is 2.17. The molecule has 0 aliphatic carbocycles. The molecule has 132 valence electrons.